The highest BCUT2D eigenvalue weighted by Gasteiger charge is 2.11. The molecular formula is C14H19N5O2. The number of nitrogens with zero attached hydrogens (tertiary/aromatic N) is 2. The molecule has 0 aliphatic heterocycles. The molecule has 0 saturated heterocycles. The van der Waals surface area contributed by atoms with Gasteiger partial charge in [0.15, 0.2) is 0 Å². The number of hydrogen-bond donors (Lipinski definition) is 3. The van der Waals surface area contributed by atoms with Gasteiger partial charge in [-0.1, -0.05) is 19.4 Å². The number of pyridine rings is 1. The van der Waals surface area contributed by atoms with Crippen LogP contribution < -0.4 is 22.3 Å². The first kappa shape index (κ1) is 14.8. The van der Waals surface area contributed by atoms with Gasteiger partial charge in [-0.15, -0.1) is 0 Å². The van der Waals surface area contributed by atoms with Crippen molar-refractivity contribution in [3.05, 3.63) is 50.9 Å². The van der Waals surface area contributed by atoms with E-state index in [1.807, 2.05) is 25.1 Å². The van der Waals surface area contributed by atoms with E-state index in [4.69, 9.17) is 5.73 Å². The molecule has 2 aromatic heterocycles. The number of aromatic nitrogens is 3. The van der Waals surface area contributed by atoms with E-state index < -0.39 is 11.2 Å². The van der Waals surface area contributed by atoms with E-state index in [0.717, 1.165) is 18.5 Å². The Morgan fingerprint density at radius 1 is 1.38 bits per heavy atom. The average molecular weight is 289 g/mol. The monoisotopic (exact) mass is 289 g/mol. The fourth-order valence-corrected chi connectivity index (χ4v) is 1.98. The minimum Gasteiger partial charge on any atom is -0.383 e. The molecule has 21 heavy (non-hydrogen) atoms. The zero-order valence-electron chi connectivity index (χ0n) is 11.9. The number of hydrogen-bond acceptors (Lipinski definition) is 5. The number of nitrogen functional groups attached to an aromatic ring is 1. The minimum atomic E-state index is -0.513. The van der Waals surface area contributed by atoms with Crippen LogP contribution in [0.15, 0.2) is 34.0 Å². The summed E-state index contributed by atoms with van der Waals surface area (Å²) in [5, 5.41) is 2.95. The molecule has 2 heterocycles. The van der Waals surface area contributed by atoms with E-state index in [0.29, 0.717) is 13.1 Å². The van der Waals surface area contributed by atoms with E-state index in [-0.39, 0.29) is 11.5 Å². The smallest absolute Gasteiger partial charge is 0.330 e. The first-order valence-corrected chi connectivity index (χ1v) is 6.90. The van der Waals surface area contributed by atoms with Gasteiger partial charge in [0.25, 0.3) is 5.56 Å². The molecule has 0 atom stereocenters. The second-order valence-corrected chi connectivity index (χ2v) is 4.70. The normalized spacial score (nSPS) is 10.5. The number of H-pyrrole nitrogens is 1. The fraction of sp³-hybridized carbons (Fsp3) is 0.357. The third-order valence-electron chi connectivity index (χ3n) is 3.15. The molecule has 0 aliphatic rings. The van der Waals surface area contributed by atoms with Crippen molar-refractivity contribution in [3.63, 3.8) is 0 Å². The Kier molecular flexibility index (Phi) is 4.76. The van der Waals surface area contributed by atoms with Gasteiger partial charge < -0.3 is 11.1 Å². The van der Waals surface area contributed by atoms with Gasteiger partial charge in [-0.05, 0) is 18.6 Å². The van der Waals surface area contributed by atoms with Crippen LogP contribution in [0, 0.1) is 0 Å². The van der Waals surface area contributed by atoms with Crippen LogP contribution in [0.5, 0.6) is 0 Å². The van der Waals surface area contributed by atoms with Crippen LogP contribution >= 0.6 is 0 Å². The minimum absolute atomic E-state index is 0.160. The summed E-state index contributed by atoms with van der Waals surface area (Å²) in [6, 6.07) is 5.51. The number of nitrogens with two attached hydrogens (primary N) is 1. The van der Waals surface area contributed by atoms with Gasteiger partial charge in [-0.25, -0.2) is 4.79 Å². The summed E-state index contributed by atoms with van der Waals surface area (Å²) < 4.78 is 1.38. The van der Waals surface area contributed by atoms with Gasteiger partial charge in [0.05, 0.1) is 12.2 Å². The Bertz CT molecular complexity index is 706. The van der Waals surface area contributed by atoms with Crippen molar-refractivity contribution in [2.45, 2.75) is 32.9 Å². The topological polar surface area (TPSA) is 106 Å². The summed E-state index contributed by atoms with van der Waals surface area (Å²) in [4.78, 5) is 30.1. The molecule has 0 fully saturated rings. The lowest BCUT2D eigenvalue weighted by Crippen LogP contribution is -2.34. The van der Waals surface area contributed by atoms with Crippen molar-refractivity contribution in [2.75, 3.05) is 11.1 Å². The van der Waals surface area contributed by atoms with Crippen LogP contribution in [0.25, 0.3) is 0 Å². The maximum atomic E-state index is 11.9. The van der Waals surface area contributed by atoms with E-state index in [1.165, 1.54) is 4.57 Å². The van der Waals surface area contributed by atoms with Crippen LogP contribution in [0.4, 0.5) is 11.5 Å². The molecular weight excluding hydrogens is 270 g/mol. The predicted molar refractivity (Wildman–Crippen MR) is 82.2 cm³/mol. The van der Waals surface area contributed by atoms with Crippen LogP contribution in [-0.2, 0) is 13.1 Å². The van der Waals surface area contributed by atoms with Gasteiger partial charge in [-0.3, -0.25) is 19.3 Å². The van der Waals surface area contributed by atoms with Gasteiger partial charge in [0.1, 0.15) is 11.5 Å². The molecule has 0 aliphatic carbocycles. The van der Waals surface area contributed by atoms with Crippen LogP contribution in [0.1, 0.15) is 25.5 Å². The Hall–Kier alpha value is -2.57. The lowest BCUT2D eigenvalue weighted by Gasteiger charge is -2.13. The van der Waals surface area contributed by atoms with Crippen molar-refractivity contribution in [1.29, 1.82) is 0 Å². The number of unbranched alkanes of at least 4 members (excludes halogenated alkanes) is 1. The summed E-state index contributed by atoms with van der Waals surface area (Å²) in [6.07, 6.45) is 3.42. The summed E-state index contributed by atoms with van der Waals surface area (Å²) in [5.74, 6) is 0.160. The van der Waals surface area contributed by atoms with Gasteiger partial charge in [-0.2, -0.15) is 0 Å². The first-order valence-electron chi connectivity index (χ1n) is 6.90. The van der Waals surface area contributed by atoms with Gasteiger partial charge in [0, 0.05) is 12.7 Å². The first-order chi connectivity index (χ1) is 10.1. The summed E-state index contributed by atoms with van der Waals surface area (Å²) in [7, 11) is 0. The largest absolute Gasteiger partial charge is 0.383 e. The molecule has 0 radical (unpaired) electrons. The van der Waals surface area contributed by atoms with Gasteiger partial charge >= 0.3 is 5.69 Å². The third kappa shape index (κ3) is 3.50. The SMILES string of the molecule is CCCCn1c(N)c(NCc2ccccn2)c(=O)[nH]c1=O. The van der Waals surface area contributed by atoms with Crippen molar-refractivity contribution in [3.8, 4) is 0 Å². The van der Waals surface area contributed by atoms with E-state index >= 15 is 0 Å². The lowest BCUT2D eigenvalue weighted by molar-refractivity contribution is 0.605. The zero-order chi connectivity index (χ0) is 15.2. The zero-order valence-corrected chi connectivity index (χ0v) is 11.9. The van der Waals surface area contributed by atoms with Crippen molar-refractivity contribution in [1.82, 2.24) is 14.5 Å². The molecule has 0 unspecified atom stereocenters. The molecule has 2 rings (SSSR count). The Labute approximate surface area is 121 Å². The predicted octanol–water partition coefficient (Wildman–Crippen LogP) is 0.926. The standard InChI is InChI=1S/C14H19N5O2/c1-2-3-8-19-12(15)11(13(20)18-14(19)21)17-9-10-6-4-5-7-16-10/h4-7,17H,2-3,8-9,15H2,1H3,(H,18,20,21). The maximum Gasteiger partial charge on any atom is 0.330 e. The van der Waals surface area contributed by atoms with Crippen molar-refractivity contribution >= 4 is 11.5 Å². The van der Waals surface area contributed by atoms with Crippen LogP contribution in [0.2, 0.25) is 0 Å². The van der Waals surface area contributed by atoms with E-state index in [1.54, 1.807) is 6.20 Å². The third-order valence-corrected chi connectivity index (χ3v) is 3.15. The molecule has 0 saturated carbocycles. The van der Waals surface area contributed by atoms with Gasteiger partial charge in [0.2, 0.25) is 0 Å². The van der Waals surface area contributed by atoms with E-state index in [2.05, 4.69) is 15.3 Å². The van der Waals surface area contributed by atoms with Crippen molar-refractivity contribution < 1.29 is 0 Å². The lowest BCUT2D eigenvalue weighted by atomic mass is 10.3. The summed E-state index contributed by atoms with van der Waals surface area (Å²) in [6.45, 7) is 2.86. The molecule has 112 valence electrons. The highest BCUT2D eigenvalue weighted by molar-refractivity contribution is 5.60. The van der Waals surface area contributed by atoms with Crippen LogP contribution in [-0.4, -0.2) is 14.5 Å². The summed E-state index contributed by atoms with van der Waals surface area (Å²) >= 11 is 0. The molecule has 7 nitrogen and oxygen atoms in total. The van der Waals surface area contributed by atoms with E-state index in [9.17, 15) is 9.59 Å². The highest BCUT2D eigenvalue weighted by Crippen LogP contribution is 2.12. The van der Waals surface area contributed by atoms with Crippen molar-refractivity contribution in [2.24, 2.45) is 0 Å². The second kappa shape index (κ2) is 6.74. The Morgan fingerprint density at radius 3 is 2.86 bits per heavy atom. The molecule has 7 heteroatoms. The quantitative estimate of drug-likeness (QED) is 0.733. The molecule has 0 amide bonds. The number of rotatable bonds is 6. The highest BCUT2D eigenvalue weighted by atomic mass is 16.2. The average Bonchev–Trinajstić information content (AvgIpc) is 2.47. The second-order valence-electron chi connectivity index (χ2n) is 4.70. The Morgan fingerprint density at radius 2 is 2.19 bits per heavy atom. The maximum absolute atomic E-state index is 11.9. The number of anilines is 2. The number of aromatic amines is 1. The number of nitrogens with one attached hydrogen (secondary N) is 2. The molecule has 0 bridgehead atoms. The molecule has 0 aromatic carbocycles. The molecule has 0 spiro atoms. The fourth-order valence-electron chi connectivity index (χ4n) is 1.98. The van der Waals surface area contributed by atoms with Crippen LogP contribution in [0.3, 0.4) is 0 Å². The molecule has 2 aromatic rings. The summed E-state index contributed by atoms with van der Waals surface area (Å²) in [5.41, 5.74) is 5.94. The Balaban J connectivity index is 2.26. The molecule has 4 N–H and O–H groups in total.